The minimum Gasteiger partial charge on any atom is -0.406 e. The van der Waals surface area contributed by atoms with Crippen molar-refractivity contribution in [2.24, 2.45) is 0 Å². The third-order valence-electron chi connectivity index (χ3n) is 2.30. The van der Waals surface area contributed by atoms with Gasteiger partial charge < -0.3 is 4.84 Å². The van der Waals surface area contributed by atoms with Gasteiger partial charge in [0.25, 0.3) is 5.56 Å². The highest BCUT2D eigenvalue weighted by molar-refractivity contribution is 7.99. The maximum absolute atomic E-state index is 12.3. The molecule has 0 unspecified atom stereocenters. The summed E-state index contributed by atoms with van der Waals surface area (Å²) in [6.45, 7) is 5.80. The summed E-state index contributed by atoms with van der Waals surface area (Å²) in [5.41, 5.74) is 0.562. The van der Waals surface area contributed by atoms with E-state index in [9.17, 15) is 4.79 Å². The lowest BCUT2D eigenvalue weighted by atomic mass is 10.2. The molecule has 1 aromatic carbocycles. The second-order valence-corrected chi connectivity index (χ2v) is 5.33. The molecule has 2 rings (SSSR count). The zero-order valence-electron chi connectivity index (χ0n) is 10.7. The number of aromatic nitrogens is 2. The van der Waals surface area contributed by atoms with Crippen molar-refractivity contribution in [2.75, 3.05) is 5.75 Å². The summed E-state index contributed by atoms with van der Waals surface area (Å²) in [5.74, 6) is 0.840. The summed E-state index contributed by atoms with van der Waals surface area (Å²) in [4.78, 5) is 22.4. The number of nitrogens with zero attached hydrogens (tertiary/aromatic N) is 2. The molecule has 0 N–H and O–H groups in total. The standard InChI is InChI=1S/C13H16N2O2S/c1-4-18-13-14-11-8-6-5-7-10(11)12(16)15(13)17-9(2)3/h5-9H,4H2,1-3H3. The van der Waals surface area contributed by atoms with Crippen LogP contribution in [0.25, 0.3) is 10.9 Å². The topological polar surface area (TPSA) is 44.1 Å². The van der Waals surface area contributed by atoms with Crippen molar-refractivity contribution in [1.29, 1.82) is 0 Å². The monoisotopic (exact) mass is 264 g/mol. The second kappa shape index (κ2) is 5.44. The third-order valence-corrected chi connectivity index (χ3v) is 3.10. The van der Waals surface area contributed by atoms with E-state index in [1.165, 1.54) is 16.5 Å². The van der Waals surface area contributed by atoms with Gasteiger partial charge in [-0.3, -0.25) is 4.79 Å². The minimum atomic E-state index is -0.148. The molecule has 0 atom stereocenters. The van der Waals surface area contributed by atoms with E-state index in [0.29, 0.717) is 16.1 Å². The van der Waals surface area contributed by atoms with Crippen LogP contribution in [0, 0.1) is 0 Å². The van der Waals surface area contributed by atoms with Crippen molar-refractivity contribution in [3.63, 3.8) is 0 Å². The van der Waals surface area contributed by atoms with E-state index in [0.717, 1.165) is 5.75 Å². The highest BCUT2D eigenvalue weighted by Gasteiger charge is 2.12. The van der Waals surface area contributed by atoms with Gasteiger partial charge in [-0.2, -0.15) is 0 Å². The molecule has 18 heavy (non-hydrogen) atoms. The molecule has 0 saturated heterocycles. The molecule has 2 aromatic rings. The van der Waals surface area contributed by atoms with Crippen molar-refractivity contribution >= 4 is 22.7 Å². The van der Waals surface area contributed by atoms with Crippen LogP contribution >= 0.6 is 11.8 Å². The molecule has 0 radical (unpaired) electrons. The van der Waals surface area contributed by atoms with Gasteiger partial charge in [-0.15, -0.1) is 4.73 Å². The molecular weight excluding hydrogens is 248 g/mol. The Hall–Kier alpha value is -1.49. The van der Waals surface area contributed by atoms with Gasteiger partial charge in [-0.05, 0) is 31.7 Å². The average molecular weight is 264 g/mol. The van der Waals surface area contributed by atoms with Crippen molar-refractivity contribution in [3.05, 3.63) is 34.6 Å². The van der Waals surface area contributed by atoms with Crippen LogP contribution in [-0.2, 0) is 0 Å². The first-order valence-electron chi connectivity index (χ1n) is 5.95. The van der Waals surface area contributed by atoms with Crippen molar-refractivity contribution in [1.82, 2.24) is 9.71 Å². The van der Waals surface area contributed by atoms with Crippen LogP contribution < -0.4 is 10.4 Å². The Kier molecular flexibility index (Phi) is 3.91. The van der Waals surface area contributed by atoms with Crippen molar-refractivity contribution < 1.29 is 4.84 Å². The lowest BCUT2D eigenvalue weighted by molar-refractivity contribution is 0.0346. The number of para-hydroxylation sites is 1. The number of fused-ring (bicyclic) bond motifs is 1. The number of benzene rings is 1. The highest BCUT2D eigenvalue weighted by Crippen LogP contribution is 2.16. The van der Waals surface area contributed by atoms with Gasteiger partial charge in [0, 0.05) is 0 Å². The zero-order valence-corrected chi connectivity index (χ0v) is 11.5. The van der Waals surface area contributed by atoms with Gasteiger partial charge >= 0.3 is 0 Å². The minimum absolute atomic E-state index is 0.0677. The molecule has 0 saturated carbocycles. The fraction of sp³-hybridized carbons (Fsp3) is 0.385. The Morgan fingerprint density at radius 2 is 2.11 bits per heavy atom. The number of thioether (sulfide) groups is 1. The summed E-state index contributed by atoms with van der Waals surface area (Å²) in [7, 11) is 0. The lowest BCUT2D eigenvalue weighted by Crippen LogP contribution is -2.33. The van der Waals surface area contributed by atoms with E-state index in [1.54, 1.807) is 6.07 Å². The highest BCUT2D eigenvalue weighted by atomic mass is 32.2. The van der Waals surface area contributed by atoms with Crippen LogP contribution in [0.1, 0.15) is 20.8 Å². The van der Waals surface area contributed by atoms with E-state index in [4.69, 9.17) is 4.84 Å². The molecule has 5 heteroatoms. The molecule has 1 aromatic heterocycles. The van der Waals surface area contributed by atoms with Crippen molar-refractivity contribution in [2.45, 2.75) is 32.0 Å². The molecule has 4 nitrogen and oxygen atoms in total. The summed E-state index contributed by atoms with van der Waals surface area (Å²) >= 11 is 1.50. The maximum atomic E-state index is 12.3. The van der Waals surface area contributed by atoms with Gasteiger partial charge in [-0.1, -0.05) is 30.8 Å². The van der Waals surface area contributed by atoms with Crippen LogP contribution in [0.3, 0.4) is 0 Å². The predicted molar refractivity (Wildman–Crippen MR) is 74.1 cm³/mol. The quantitative estimate of drug-likeness (QED) is 0.628. The number of hydrogen-bond acceptors (Lipinski definition) is 4. The van der Waals surface area contributed by atoms with Gasteiger partial charge in [-0.25, -0.2) is 4.98 Å². The molecular formula is C13H16N2O2S. The molecule has 1 heterocycles. The first-order valence-corrected chi connectivity index (χ1v) is 6.93. The van der Waals surface area contributed by atoms with Gasteiger partial charge in [0.05, 0.1) is 10.9 Å². The second-order valence-electron chi connectivity index (χ2n) is 4.10. The summed E-state index contributed by atoms with van der Waals surface area (Å²) in [6.07, 6.45) is -0.0677. The summed E-state index contributed by atoms with van der Waals surface area (Å²) in [5, 5.41) is 1.19. The Bertz CT molecular complexity index is 607. The molecule has 0 bridgehead atoms. The van der Waals surface area contributed by atoms with Crippen LogP contribution in [0.15, 0.2) is 34.2 Å². The molecule has 96 valence electrons. The summed E-state index contributed by atoms with van der Waals surface area (Å²) < 4.78 is 1.31. The SMILES string of the molecule is CCSc1nc2ccccc2c(=O)n1OC(C)C. The maximum Gasteiger partial charge on any atom is 0.295 e. The van der Waals surface area contributed by atoms with E-state index < -0.39 is 0 Å². The van der Waals surface area contributed by atoms with Crippen LogP contribution in [0.5, 0.6) is 0 Å². The Labute approximate surface area is 110 Å². The van der Waals surface area contributed by atoms with E-state index in [2.05, 4.69) is 4.98 Å². The molecule has 0 aliphatic carbocycles. The molecule has 0 spiro atoms. The molecule has 0 fully saturated rings. The Morgan fingerprint density at radius 3 is 2.78 bits per heavy atom. The van der Waals surface area contributed by atoms with Gasteiger partial charge in [0.1, 0.15) is 6.10 Å². The van der Waals surface area contributed by atoms with Gasteiger partial charge in [0.15, 0.2) is 0 Å². The first-order chi connectivity index (χ1) is 8.63. The average Bonchev–Trinajstić information content (AvgIpc) is 2.34. The van der Waals surface area contributed by atoms with Crippen LogP contribution in [0.2, 0.25) is 0 Å². The van der Waals surface area contributed by atoms with Gasteiger partial charge in [0.2, 0.25) is 5.16 Å². The number of hydrogen-bond donors (Lipinski definition) is 0. The molecule has 0 aliphatic rings. The number of rotatable bonds is 4. The smallest absolute Gasteiger partial charge is 0.295 e. The van der Waals surface area contributed by atoms with Crippen LogP contribution in [-0.4, -0.2) is 21.6 Å². The first kappa shape index (κ1) is 13.0. The summed E-state index contributed by atoms with van der Waals surface area (Å²) in [6, 6.07) is 7.32. The normalized spacial score (nSPS) is 11.1. The molecule has 0 aliphatic heterocycles. The van der Waals surface area contributed by atoms with E-state index in [-0.39, 0.29) is 11.7 Å². The van der Waals surface area contributed by atoms with Crippen molar-refractivity contribution in [3.8, 4) is 0 Å². The molecule has 0 amide bonds. The largest absolute Gasteiger partial charge is 0.406 e. The van der Waals surface area contributed by atoms with Crippen LogP contribution in [0.4, 0.5) is 0 Å². The Morgan fingerprint density at radius 1 is 1.39 bits per heavy atom. The fourth-order valence-corrected chi connectivity index (χ4v) is 2.28. The van der Waals surface area contributed by atoms with E-state index >= 15 is 0 Å². The lowest BCUT2D eigenvalue weighted by Gasteiger charge is -2.15. The van der Waals surface area contributed by atoms with E-state index in [1.807, 2.05) is 39.0 Å². The zero-order chi connectivity index (χ0) is 13.1. The Balaban J connectivity index is 2.67. The fourth-order valence-electron chi connectivity index (χ4n) is 1.62. The predicted octanol–water partition coefficient (Wildman–Crippen LogP) is 2.35. The third kappa shape index (κ3) is 2.51.